The molecule has 0 aliphatic heterocycles. The minimum absolute atomic E-state index is 0.00447. The summed E-state index contributed by atoms with van der Waals surface area (Å²) in [4.78, 5) is 12.9. The lowest BCUT2D eigenvalue weighted by Gasteiger charge is -2.60. The number of Topliss-reactive ketones (excluding diaryl/α,β-unsaturated/α-hetero) is 1. The summed E-state index contributed by atoms with van der Waals surface area (Å²) < 4.78 is 0. The summed E-state index contributed by atoms with van der Waals surface area (Å²) >= 11 is 0. The molecule has 0 aromatic rings. The third-order valence-corrected chi connectivity index (χ3v) is 9.42. The molecule has 0 spiro atoms. The van der Waals surface area contributed by atoms with E-state index < -0.39 is 16.9 Å². The number of allylic oxidation sites excluding steroid dienone is 2. The van der Waals surface area contributed by atoms with Gasteiger partial charge in [0.2, 0.25) is 0 Å². The Hall–Kier alpha value is -1.14. The quantitative estimate of drug-likeness (QED) is 0.643. The lowest BCUT2D eigenvalue weighted by molar-refractivity contribution is -0.139. The summed E-state index contributed by atoms with van der Waals surface area (Å²) in [6.07, 6.45) is 8.22. The number of nitriles is 1. The summed E-state index contributed by atoms with van der Waals surface area (Å²) in [5.74, 6) is 1.27. The van der Waals surface area contributed by atoms with Gasteiger partial charge in [0, 0.05) is 5.41 Å². The maximum atomic E-state index is 12.9. The zero-order valence-corrected chi connectivity index (χ0v) is 16.9. The molecule has 0 aromatic carbocycles. The van der Waals surface area contributed by atoms with Gasteiger partial charge in [-0.1, -0.05) is 25.5 Å². The van der Waals surface area contributed by atoms with Crippen molar-refractivity contribution in [2.24, 2.45) is 39.9 Å². The molecule has 0 amide bonds. The first-order valence-corrected chi connectivity index (χ1v) is 10.4. The summed E-state index contributed by atoms with van der Waals surface area (Å²) in [5, 5.41) is 20.7. The second-order valence-electron chi connectivity index (χ2n) is 10.8. The van der Waals surface area contributed by atoms with E-state index in [4.69, 9.17) is 0 Å². The van der Waals surface area contributed by atoms with Crippen LogP contribution in [0.25, 0.3) is 0 Å². The fourth-order valence-corrected chi connectivity index (χ4v) is 7.76. The highest BCUT2D eigenvalue weighted by molar-refractivity contribution is 5.92. The van der Waals surface area contributed by atoms with Gasteiger partial charge < -0.3 is 5.11 Å². The number of fused-ring (bicyclic) bond motifs is 5. The van der Waals surface area contributed by atoms with E-state index in [2.05, 4.69) is 26.0 Å². The van der Waals surface area contributed by atoms with Crippen LogP contribution < -0.4 is 0 Å². The van der Waals surface area contributed by atoms with Crippen molar-refractivity contribution >= 4 is 5.78 Å². The molecule has 0 saturated heterocycles. The second-order valence-corrected chi connectivity index (χ2v) is 10.8. The number of nitrogens with zero attached hydrogens (tertiary/aromatic N) is 1. The van der Waals surface area contributed by atoms with Gasteiger partial charge in [0.15, 0.2) is 5.78 Å². The van der Waals surface area contributed by atoms with Gasteiger partial charge >= 0.3 is 0 Å². The standard InChI is InChI=1S/C23H33NO2/c1-20(2)18-7-6-15-16(21(18,3)12-14(13-24)19(20)25)8-10-22(4)17(15)9-11-23(22,5)26/h7,14-17,26H,6,8-12H2,1-5H3/t14-,15+,16-,17-,21+,22-,23-/m0/s1. The molecule has 0 heterocycles. The molecule has 4 rings (SSSR count). The molecule has 3 nitrogen and oxygen atoms in total. The van der Waals surface area contributed by atoms with Crippen molar-refractivity contribution in [3.8, 4) is 6.07 Å². The molecular weight excluding hydrogens is 322 g/mol. The minimum atomic E-state index is -0.565. The number of rotatable bonds is 0. The summed E-state index contributed by atoms with van der Waals surface area (Å²) in [6, 6.07) is 2.31. The van der Waals surface area contributed by atoms with Crippen LogP contribution in [0.4, 0.5) is 0 Å². The lowest BCUT2D eigenvalue weighted by atomic mass is 9.43. The highest BCUT2D eigenvalue weighted by atomic mass is 16.3. The van der Waals surface area contributed by atoms with Crippen LogP contribution in [0.2, 0.25) is 0 Å². The monoisotopic (exact) mass is 355 g/mol. The third kappa shape index (κ3) is 2.00. The largest absolute Gasteiger partial charge is 0.390 e. The van der Waals surface area contributed by atoms with Crippen molar-refractivity contribution in [3.63, 3.8) is 0 Å². The first-order chi connectivity index (χ1) is 12.0. The van der Waals surface area contributed by atoms with Crippen LogP contribution >= 0.6 is 0 Å². The molecule has 0 radical (unpaired) electrons. The van der Waals surface area contributed by atoms with E-state index in [1.165, 1.54) is 5.57 Å². The van der Waals surface area contributed by atoms with Crippen LogP contribution in [0.5, 0.6) is 0 Å². The zero-order valence-electron chi connectivity index (χ0n) is 16.9. The fraction of sp³-hybridized carbons (Fsp3) is 0.826. The molecule has 4 aliphatic carbocycles. The van der Waals surface area contributed by atoms with Crippen molar-refractivity contribution in [1.29, 1.82) is 5.26 Å². The normalized spacial score (nSPS) is 52.3. The van der Waals surface area contributed by atoms with E-state index in [0.717, 1.165) is 32.1 Å². The second kappa shape index (κ2) is 5.22. The molecule has 142 valence electrons. The van der Waals surface area contributed by atoms with Crippen LogP contribution in [0.1, 0.15) is 73.1 Å². The van der Waals surface area contributed by atoms with Gasteiger partial charge in [0.05, 0.1) is 11.7 Å². The predicted octanol–water partition coefficient (Wildman–Crippen LogP) is 4.66. The molecule has 4 aliphatic rings. The molecule has 26 heavy (non-hydrogen) atoms. The maximum absolute atomic E-state index is 12.9. The zero-order chi connectivity index (χ0) is 19.1. The van der Waals surface area contributed by atoms with Gasteiger partial charge in [-0.15, -0.1) is 0 Å². The van der Waals surface area contributed by atoms with Crippen molar-refractivity contribution in [2.45, 2.75) is 78.7 Å². The van der Waals surface area contributed by atoms with E-state index in [0.29, 0.717) is 24.2 Å². The minimum Gasteiger partial charge on any atom is -0.390 e. The predicted molar refractivity (Wildman–Crippen MR) is 101 cm³/mol. The SMILES string of the molecule is CC1(C)C(=O)[C@H](C#N)C[C@@]2(C)C1=CC[C@@H]1[C@@H]2CC[C@@]2(C)[C@H]1CC[C@]2(C)O. The smallest absolute Gasteiger partial charge is 0.159 e. The maximum Gasteiger partial charge on any atom is 0.159 e. The van der Waals surface area contributed by atoms with Gasteiger partial charge in [-0.05, 0) is 87.9 Å². The van der Waals surface area contributed by atoms with E-state index in [-0.39, 0.29) is 16.6 Å². The van der Waals surface area contributed by atoms with E-state index in [1.54, 1.807) is 0 Å². The molecule has 3 saturated carbocycles. The van der Waals surface area contributed by atoms with Crippen molar-refractivity contribution in [2.75, 3.05) is 0 Å². The molecule has 3 fully saturated rings. The Morgan fingerprint density at radius 3 is 2.42 bits per heavy atom. The summed E-state index contributed by atoms with van der Waals surface area (Å²) in [5.41, 5.74) is 0.141. The highest BCUT2D eigenvalue weighted by Gasteiger charge is 2.64. The average molecular weight is 356 g/mol. The fourth-order valence-electron chi connectivity index (χ4n) is 7.76. The third-order valence-electron chi connectivity index (χ3n) is 9.42. The summed E-state index contributed by atoms with van der Waals surface area (Å²) in [6.45, 7) is 10.7. The van der Waals surface area contributed by atoms with Gasteiger partial charge in [-0.2, -0.15) is 5.26 Å². The number of carbonyl (C=O) groups excluding carboxylic acids is 1. The number of ketones is 1. The van der Waals surface area contributed by atoms with Gasteiger partial charge in [0.1, 0.15) is 5.92 Å². The summed E-state index contributed by atoms with van der Waals surface area (Å²) in [7, 11) is 0. The average Bonchev–Trinajstić information content (AvgIpc) is 2.81. The first kappa shape index (κ1) is 18.2. The first-order valence-electron chi connectivity index (χ1n) is 10.4. The van der Waals surface area contributed by atoms with Crippen LogP contribution in [0.15, 0.2) is 11.6 Å². The molecule has 7 atom stereocenters. The molecule has 0 unspecified atom stereocenters. The molecular formula is C23H33NO2. The number of hydrogen-bond acceptors (Lipinski definition) is 3. The Bertz CT molecular complexity index is 727. The Kier molecular flexibility index (Phi) is 3.66. The number of aliphatic hydroxyl groups is 1. The Labute approximate surface area is 157 Å². The lowest BCUT2D eigenvalue weighted by Crippen LogP contribution is -2.57. The highest BCUT2D eigenvalue weighted by Crippen LogP contribution is 2.68. The Balaban J connectivity index is 1.78. The van der Waals surface area contributed by atoms with E-state index in [1.807, 2.05) is 20.8 Å². The van der Waals surface area contributed by atoms with Crippen LogP contribution in [-0.2, 0) is 4.79 Å². The van der Waals surface area contributed by atoms with E-state index in [9.17, 15) is 15.2 Å². The van der Waals surface area contributed by atoms with Crippen LogP contribution in [0.3, 0.4) is 0 Å². The van der Waals surface area contributed by atoms with Crippen LogP contribution in [0, 0.1) is 51.2 Å². The van der Waals surface area contributed by atoms with Gasteiger partial charge in [-0.3, -0.25) is 4.79 Å². The molecule has 3 heteroatoms. The van der Waals surface area contributed by atoms with E-state index >= 15 is 0 Å². The Morgan fingerprint density at radius 2 is 1.77 bits per heavy atom. The van der Waals surface area contributed by atoms with Crippen molar-refractivity contribution in [3.05, 3.63) is 11.6 Å². The van der Waals surface area contributed by atoms with Crippen molar-refractivity contribution < 1.29 is 9.90 Å². The Morgan fingerprint density at radius 1 is 1.12 bits per heavy atom. The molecule has 1 N–H and O–H groups in total. The number of carbonyl (C=O) groups is 1. The van der Waals surface area contributed by atoms with Crippen LogP contribution in [-0.4, -0.2) is 16.5 Å². The van der Waals surface area contributed by atoms with Crippen molar-refractivity contribution in [1.82, 2.24) is 0 Å². The van der Waals surface area contributed by atoms with Gasteiger partial charge in [-0.25, -0.2) is 0 Å². The topological polar surface area (TPSA) is 61.1 Å². The molecule has 0 aromatic heterocycles. The van der Waals surface area contributed by atoms with Gasteiger partial charge in [0.25, 0.3) is 0 Å². The molecule has 0 bridgehead atoms. The number of hydrogen-bond donors (Lipinski definition) is 1.